The van der Waals surface area contributed by atoms with E-state index in [1.165, 1.54) is 5.56 Å². The largest absolute Gasteiger partial charge is 0.395 e. The molecule has 2 N–H and O–H groups in total. The Kier molecular flexibility index (Phi) is 7.46. The van der Waals surface area contributed by atoms with Gasteiger partial charge in [-0.1, -0.05) is 31.2 Å². The summed E-state index contributed by atoms with van der Waals surface area (Å²) in [6, 6.07) is 12.4. The van der Waals surface area contributed by atoms with Crippen LogP contribution >= 0.6 is 0 Å². The number of aliphatic hydroxyl groups excluding tert-OH is 2. The molecule has 1 aromatic heterocycles. The van der Waals surface area contributed by atoms with Crippen molar-refractivity contribution in [3.8, 4) is 0 Å². The summed E-state index contributed by atoms with van der Waals surface area (Å²) in [6.45, 7) is 4.42. The smallest absolute Gasteiger partial charge is 0.169 e. The number of hydrogen-bond acceptors (Lipinski definition) is 3. The van der Waals surface area contributed by atoms with E-state index in [1.807, 2.05) is 29.2 Å². The van der Waals surface area contributed by atoms with Crippen LogP contribution in [0, 0.1) is 0 Å². The van der Waals surface area contributed by atoms with Crippen molar-refractivity contribution in [1.29, 1.82) is 0 Å². The molecule has 0 spiro atoms. The molecule has 4 heteroatoms. The molecule has 0 saturated heterocycles. The molecule has 128 valence electrons. The van der Waals surface area contributed by atoms with Gasteiger partial charge >= 0.3 is 0 Å². The van der Waals surface area contributed by atoms with Gasteiger partial charge in [0, 0.05) is 37.3 Å². The molecular formula is C20H27N2O2+. The lowest BCUT2D eigenvalue weighted by atomic mass is 10.1. The second-order valence-electron chi connectivity index (χ2n) is 5.73. The fraction of sp³-hybridized carbons (Fsp3) is 0.350. The molecule has 0 aliphatic rings. The van der Waals surface area contributed by atoms with Gasteiger partial charge in [0.25, 0.3) is 0 Å². The predicted octanol–water partition coefficient (Wildman–Crippen LogP) is 2.35. The Bertz CT molecular complexity index is 615. The summed E-state index contributed by atoms with van der Waals surface area (Å²) in [5, 5.41) is 18.2. The van der Waals surface area contributed by atoms with Crippen molar-refractivity contribution in [2.24, 2.45) is 0 Å². The Labute approximate surface area is 144 Å². The van der Waals surface area contributed by atoms with Gasteiger partial charge in [0.1, 0.15) is 6.54 Å². The van der Waals surface area contributed by atoms with Crippen LogP contribution in [0.25, 0.3) is 12.2 Å². The number of nitrogens with zero attached hydrogens (tertiary/aromatic N) is 2. The quantitative estimate of drug-likeness (QED) is 0.695. The minimum absolute atomic E-state index is 0.0771. The maximum Gasteiger partial charge on any atom is 0.169 e. The van der Waals surface area contributed by atoms with Gasteiger partial charge in [-0.05, 0) is 23.3 Å². The molecule has 4 nitrogen and oxygen atoms in total. The highest BCUT2D eigenvalue weighted by Crippen LogP contribution is 2.16. The van der Waals surface area contributed by atoms with Crippen LogP contribution in [0.4, 0.5) is 5.69 Å². The van der Waals surface area contributed by atoms with Crippen LogP contribution in [0.2, 0.25) is 0 Å². The molecule has 24 heavy (non-hydrogen) atoms. The summed E-state index contributed by atoms with van der Waals surface area (Å²) in [5.41, 5.74) is 3.31. The second kappa shape index (κ2) is 9.85. The molecule has 0 aliphatic heterocycles. The standard InChI is InChI=1S/C20H27N2O2/c1-2-11-21-12-9-19(10-13-21)4-3-18-5-7-20(8-6-18)22(14-16-23)15-17-24/h3-10,12-13,23-24H,2,11,14-17H2,1H3/q+1. The summed E-state index contributed by atoms with van der Waals surface area (Å²) in [6.07, 6.45) is 9.54. The Morgan fingerprint density at radius 3 is 1.92 bits per heavy atom. The van der Waals surface area contributed by atoms with Crippen LogP contribution in [0.1, 0.15) is 24.5 Å². The number of benzene rings is 1. The Morgan fingerprint density at radius 2 is 1.42 bits per heavy atom. The average molecular weight is 327 g/mol. The van der Waals surface area contributed by atoms with Crippen LogP contribution < -0.4 is 9.47 Å². The van der Waals surface area contributed by atoms with Gasteiger partial charge < -0.3 is 15.1 Å². The maximum absolute atomic E-state index is 9.11. The van der Waals surface area contributed by atoms with E-state index < -0.39 is 0 Å². The molecule has 0 aliphatic carbocycles. The molecule has 0 amide bonds. The molecule has 0 unspecified atom stereocenters. The van der Waals surface area contributed by atoms with Gasteiger partial charge in [0.05, 0.1) is 13.2 Å². The average Bonchev–Trinajstić information content (AvgIpc) is 2.62. The molecule has 2 aromatic rings. The van der Waals surface area contributed by atoms with Crippen LogP contribution in [-0.4, -0.2) is 36.5 Å². The molecule has 1 aromatic carbocycles. The minimum Gasteiger partial charge on any atom is -0.395 e. The Morgan fingerprint density at radius 1 is 0.875 bits per heavy atom. The number of aromatic nitrogens is 1. The normalized spacial score (nSPS) is 11.1. The number of aliphatic hydroxyl groups is 2. The predicted molar refractivity (Wildman–Crippen MR) is 98.7 cm³/mol. The lowest BCUT2D eigenvalue weighted by Gasteiger charge is -2.22. The molecular weight excluding hydrogens is 300 g/mol. The summed E-state index contributed by atoms with van der Waals surface area (Å²) < 4.78 is 2.18. The molecule has 1 heterocycles. The van der Waals surface area contributed by atoms with Crippen LogP contribution in [0.5, 0.6) is 0 Å². The number of rotatable bonds is 9. The summed E-state index contributed by atoms with van der Waals surface area (Å²) in [4.78, 5) is 1.97. The summed E-state index contributed by atoms with van der Waals surface area (Å²) in [5.74, 6) is 0. The highest BCUT2D eigenvalue weighted by Gasteiger charge is 2.04. The molecule has 0 saturated carbocycles. The fourth-order valence-electron chi connectivity index (χ4n) is 2.59. The van der Waals surface area contributed by atoms with Crippen molar-refractivity contribution >= 4 is 17.8 Å². The van der Waals surface area contributed by atoms with Gasteiger partial charge in [-0.2, -0.15) is 0 Å². The maximum atomic E-state index is 9.11. The van der Waals surface area contributed by atoms with Gasteiger partial charge in [0.15, 0.2) is 12.4 Å². The zero-order chi connectivity index (χ0) is 17.2. The molecule has 0 bridgehead atoms. The van der Waals surface area contributed by atoms with E-state index >= 15 is 0 Å². The van der Waals surface area contributed by atoms with Crippen molar-refractivity contribution in [2.45, 2.75) is 19.9 Å². The number of pyridine rings is 1. The molecule has 0 fully saturated rings. The number of hydrogen-bond donors (Lipinski definition) is 2. The van der Waals surface area contributed by atoms with E-state index in [0.717, 1.165) is 24.2 Å². The lowest BCUT2D eigenvalue weighted by molar-refractivity contribution is -0.697. The molecule has 0 radical (unpaired) electrons. The highest BCUT2D eigenvalue weighted by molar-refractivity contribution is 5.70. The first-order chi connectivity index (χ1) is 11.8. The van der Waals surface area contributed by atoms with Crippen molar-refractivity contribution < 1.29 is 14.8 Å². The minimum atomic E-state index is 0.0771. The van der Waals surface area contributed by atoms with E-state index in [-0.39, 0.29) is 13.2 Å². The third-order valence-electron chi connectivity index (χ3n) is 3.87. The van der Waals surface area contributed by atoms with E-state index in [2.05, 4.69) is 48.2 Å². The SMILES string of the molecule is CCC[n+]1ccc(/C=C/c2ccc(N(CCO)CCO)cc2)cc1. The van der Waals surface area contributed by atoms with E-state index in [0.29, 0.717) is 13.1 Å². The van der Waals surface area contributed by atoms with Crippen LogP contribution in [0.15, 0.2) is 48.8 Å². The van der Waals surface area contributed by atoms with Crippen molar-refractivity contribution in [1.82, 2.24) is 0 Å². The first-order valence-electron chi connectivity index (χ1n) is 8.50. The summed E-state index contributed by atoms with van der Waals surface area (Å²) in [7, 11) is 0. The lowest BCUT2D eigenvalue weighted by Crippen LogP contribution is -2.31. The van der Waals surface area contributed by atoms with Gasteiger partial charge in [-0.3, -0.25) is 0 Å². The first kappa shape index (κ1) is 18.2. The third-order valence-corrected chi connectivity index (χ3v) is 3.87. The Hall–Kier alpha value is -2.17. The van der Waals surface area contributed by atoms with Crippen molar-refractivity contribution in [2.75, 3.05) is 31.2 Å². The zero-order valence-electron chi connectivity index (χ0n) is 14.3. The van der Waals surface area contributed by atoms with Crippen molar-refractivity contribution in [3.63, 3.8) is 0 Å². The second-order valence-corrected chi connectivity index (χ2v) is 5.73. The number of anilines is 1. The van der Waals surface area contributed by atoms with E-state index in [9.17, 15) is 0 Å². The topological polar surface area (TPSA) is 47.6 Å². The van der Waals surface area contributed by atoms with Crippen LogP contribution in [-0.2, 0) is 6.54 Å². The molecule has 0 atom stereocenters. The Balaban J connectivity index is 2.02. The fourth-order valence-corrected chi connectivity index (χ4v) is 2.59. The van der Waals surface area contributed by atoms with E-state index in [4.69, 9.17) is 10.2 Å². The summed E-state index contributed by atoms with van der Waals surface area (Å²) >= 11 is 0. The third kappa shape index (κ3) is 5.48. The highest BCUT2D eigenvalue weighted by atomic mass is 16.3. The molecule has 2 rings (SSSR count). The van der Waals surface area contributed by atoms with Gasteiger partial charge in [0.2, 0.25) is 0 Å². The van der Waals surface area contributed by atoms with Gasteiger partial charge in [-0.25, -0.2) is 4.57 Å². The van der Waals surface area contributed by atoms with E-state index in [1.54, 1.807) is 0 Å². The first-order valence-corrected chi connectivity index (χ1v) is 8.50. The monoisotopic (exact) mass is 327 g/mol. The van der Waals surface area contributed by atoms with Crippen molar-refractivity contribution in [3.05, 3.63) is 59.9 Å². The van der Waals surface area contributed by atoms with Crippen LogP contribution in [0.3, 0.4) is 0 Å². The van der Waals surface area contributed by atoms with Gasteiger partial charge in [-0.15, -0.1) is 0 Å². The number of aryl methyl sites for hydroxylation is 1. The zero-order valence-corrected chi connectivity index (χ0v) is 14.3.